The van der Waals surface area contributed by atoms with E-state index >= 15 is 0 Å². The van der Waals surface area contributed by atoms with E-state index in [2.05, 4.69) is 77.9 Å². The summed E-state index contributed by atoms with van der Waals surface area (Å²) in [5.74, 6) is 0. The number of unbranched alkanes of at least 4 members (excludes halogenated alkanes) is 11. The third kappa shape index (κ3) is 16.8. The molecule has 0 spiro atoms. The summed E-state index contributed by atoms with van der Waals surface area (Å²) in [4.78, 5) is 11.1. The minimum absolute atomic E-state index is 1.02. The Morgan fingerprint density at radius 3 is 1.00 bits per heavy atom. The van der Waals surface area contributed by atoms with Crippen LogP contribution in [0.25, 0.3) is 0 Å². The maximum absolute atomic E-state index is 5.54. The summed E-state index contributed by atoms with van der Waals surface area (Å²) in [6.07, 6.45) is 28.0. The Balaban J connectivity index is 2.60. The highest BCUT2D eigenvalue weighted by Crippen LogP contribution is 2.26. The van der Waals surface area contributed by atoms with Gasteiger partial charge in [-0.25, -0.2) is 0 Å². The molecule has 0 aliphatic carbocycles. The zero-order valence-corrected chi connectivity index (χ0v) is 30.6. The van der Waals surface area contributed by atoms with E-state index < -0.39 is 0 Å². The van der Waals surface area contributed by atoms with E-state index in [4.69, 9.17) is 9.98 Å². The van der Waals surface area contributed by atoms with Gasteiger partial charge < -0.3 is 0 Å². The first-order chi connectivity index (χ1) is 22.1. The van der Waals surface area contributed by atoms with Crippen LogP contribution in [-0.2, 0) is 25.7 Å². The molecule has 0 unspecified atom stereocenters. The Bertz CT molecular complexity index is 1060. The number of benzene rings is 2. The lowest BCUT2D eigenvalue weighted by Gasteiger charge is -2.14. The summed E-state index contributed by atoms with van der Waals surface area (Å²) < 4.78 is 0. The van der Waals surface area contributed by atoms with E-state index in [1.807, 2.05) is 0 Å². The zero-order chi connectivity index (χ0) is 32.5. The lowest BCUT2D eigenvalue weighted by molar-refractivity contribution is 0.616. The topological polar surface area (TPSA) is 24.7 Å². The minimum Gasteiger partial charge on any atom is -0.252 e. The number of nitrogens with zero attached hydrogens (tertiary/aromatic N) is 2. The molecule has 0 aromatic heterocycles. The molecule has 0 aliphatic heterocycles. The first-order valence-corrected chi connectivity index (χ1v) is 19.5. The average Bonchev–Trinajstić information content (AvgIpc) is 3.05. The first-order valence-electron chi connectivity index (χ1n) is 19.5. The second-order valence-corrected chi connectivity index (χ2v) is 13.5. The Morgan fingerprint density at radius 2 is 0.644 bits per heavy atom. The molecule has 45 heavy (non-hydrogen) atoms. The molecule has 252 valence electrons. The molecular formula is C43H70N2. The van der Waals surface area contributed by atoms with Gasteiger partial charge >= 0.3 is 0 Å². The van der Waals surface area contributed by atoms with Crippen LogP contribution in [0.2, 0.25) is 0 Å². The molecule has 0 bridgehead atoms. The van der Waals surface area contributed by atoms with Gasteiger partial charge in [0.15, 0.2) is 0 Å². The molecule has 0 N–H and O–H groups in total. The normalized spacial score (nSPS) is 12.3. The SMILES string of the molecule is CCCCCCCCC(=Nc1cc(CCCC)cc(CCCC)c1)C(CCCCC)=Nc1cc(CCCC)cc(CCCC)c1. The van der Waals surface area contributed by atoms with Crippen LogP contribution in [0.1, 0.15) is 186 Å². The summed E-state index contributed by atoms with van der Waals surface area (Å²) >= 11 is 0. The molecule has 0 saturated carbocycles. The van der Waals surface area contributed by atoms with Crippen molar-refractivity contribution in [2.75, 3.05) is 0 Å². The maximum Gasteiger partial charge on any atom is 0.0639 e. The fourth-order valence-electron chi connectivity index (χ4n) is 6.17. The number of hydrogen-bond acceptors (Lipinski definition) is 2. The zero-order valence-electron chi connectivity index (χ0n) is 30.6. The molecule has 0 radical (unpaired) electrons. The summed E-state index contributed by atoms with van der Waals surface area (Å²) in [5.41, 5.74) is 10.6. The Labute approximate surface area is 280 Å². The molecule has 0 atom stereocenters. The van der Waals surface area contributed by atoms with E-state index in [-0.39, 0.29) is 0 Å². The highest BCUT2D eigenvalue weighted by Gasteiger charge is 2.13. The van der Waals surface area contributed by atoms with Crippen LogP contribution in [-0.4, -0.2) is 11.4 Å². The molecule has 0 aliphatic rings. The highest BCUT2D eigenvalue weighted by molar-refractivity contribution is 6.43. The Kier molecular flexibility index (Phi) is 21.6. The Hall–Kier alpha value is -2.22. The predicted molar refractivity (Wildman–Crippen MR) is 204 cm³/mol. The summed E-state index contributed by atoms with van der Waals surface area (Å²) in [6, 6.07) is 14.4. The van der Waals surface area contributed by atoms with Crippen molar-refractivity contribution in [3.05, 3.63) is 58.7 Å². The summed E-state index contributed by atoms with van der Waals surface area (Å²) in [5, 5.41) is 0. The fourth-order valence-corrected chi connectivity index (χ4v) is 6.17. The molecule has 2 heteroatoms. The van der Waals surface area contributed by atoms with Crippen LogP contribution < -0.4 is 0 Å². The molecule has 0 amide bonds. The second kappa shape index (κ2) is 24.9. The van der Waals surface area contributed by atoms with Crippen molar-refractivity contribution in [3.8, 4) is 0 Å². The van der Waals surface area contributed by atoms with E-state index in [1.54, 1.807) is 0 Å². The van der Waals surface area contributed by atoms with Crippen LogP contribution in [0.5, 0.6) is 0 Å². The van der Waals surface area contributed by atoms with E-state index in [1.165, 1.54) is 143 Å². The monoisotopic (exact) mass is 615 g/mol. The molecule has 2 rings (SSSR count). The molecule has 2 aromatic rings. The maximum atomic E-state index is 5.54. The van der Waals surface area contributed by atoms with Crippen molar-refractivity contribution >= 4 is 22.8 Å². The lowest BCUT2D eigenvalue weighted by atomic mass is 9.98. The second-order valence-electron chi connectivity index (χ2n) is 13.5. The number of hydrogen-bond donors (Lipinski definition) is 0. The van der Waals surface area contributed by atoms with Crippen LogP contribution in [0.3, 0.4) is 0 Å². The average molecular weight is 615 g/mol. The predicted octanol–water partition coefficient (Wildman–Crippen LogP) is 14.2. The van der Waals surface area contributed by atoms with Crippen molar-refractivity contribution in [2.24, 2.45) is 9.98 Å². The van der Waals surface area contributed by atoms with Gasteiger partial charge in [0, 0.05) is 0 Å². The van der Waals surface area contributed by atoms with Crippen molar-refractivity contribution in [2.45, 2.75) is 189 Å². The number of aliphatic imine (C=N–C) groups is 2. The van der Waals surface area contributed by atoms with E-state index in [0.29, 0.717) is 0 Å². The third-order valence-electron chi connectivity index (χ3n) is 9.00. The van der Waals surface area contributed by atoms with Crippen LogP contribution in [0, 0.1) is 0 Å². The molecule has 2 aromatic carbocycles. The first kappa shape index (κ1) is 39.0. The number of rotatable bonds is 26. The van der Waals surface area contributed by atoms with Gasteiger partial charge in [0.2, 0.25) is 0 Å². The molecule has 2 nitrogen and oxygen atoms in total. The van der Waals surface area contributed by atoms with Gasteiger partial charge in [-0.1, -0.05) is 124 Å². The van der Waals surface area contributed by atoms with Crippen molar-refractivity contribution in [1.82, 2.24) is 0 Å². The largest absolute Gasteiger partial charge is 0.252 e. The Morgan fingerprint density at radius 1 is 0.356 bits per heavy atom. The van der Waals surface area contributed by atoms with E-state index in [0.717, 1.165) is 49.9 Å². The van der Waals surface area contributed by atoms with Gasteiger partial charge in [-0.15, -0.1) is 0 Å². The molecule has 0 heterocycles. The van der Waals surface area contributed by atoms with Crippen molar-refractivity contribution in [1.29, 1.82) is 0 Å². The van der Waals surface area contributed by atoms with E-state index in [9.17, 15) is 0 Å². The minimum atomic E-state index is 1.02. The van der Waals surface area contributed by atoms with Gasteiger partial charge in [-0.05, 0) is 124 Å². The van der Waals surface area contributed by atoms with Gasteiger partial charge in [0.25, 0.3) is 0 Å². The smallest absolute Gasteiger partial charge is 0.0639 e. The molecule has 0 saturated heterocycles. The third-order valence-corrected chi connectivity index (χ3v) is 9.00. The van der Waals surface area contributed by atoms with Gasteiger partial charge in [-0.2, -0.15) is 0 Å². The van der Waals surface area contributed by atoms with Crippen molar-refractivity contribution < 1.29 is 0 Å². The van der Waals surface area contributed by atoms with Crippen LogP contribution in [0.15, 0.2) is 46.4 Å². The van der Waals surface area contributed by atoms with Crippen molar-refractivity contribution in [3.63, 3.8) is 0 Å². The number of aryl methyl sites for hydroxylation is 4. The summed E-state index contributed by atoms with van der Waals surface area (Å²) in [7, 11) is 0. The highest BCUT2D eigenvalue weighted by atomic mass is 14.8. The standard InChI is InChI=1S/C43H70N2/c1-7-13-19-20-21-23-29-43(45-41-34-38(26-17-11-5)31-39(35-41)27-18-12-6)42(28-22-14-8-2)44-40-32-36(24-15-9-3)30-37(33-40)25-16-10-4/h30-35H,7-29H2,1-6H3. The van der Waals surface area contributed by atoms with Gasteiger partial charge in [-0.3, -0.25) is 9.98 Å². The molecular weight excluding hydrogens is 544 g/mol. The van der Waals surface area contributed by atoms with Crippen LogP contribution >= 0.6 is 0 Å². The fraction of sp³-hybridized carbons (Fsp3) is 0.674. The summed E-state index contributed by atoms with van der Waals surface area (Å²) in [6.45, 7) is 13.8. The molecule has 0 fully saturated rings. The van der Waals surface area contributed by atoms with Crippen LogP contribution in [0.4, 0.5) is 11.4 Å². The van der Waals surface area contributed by atoms with Gasteiger partial charge in [0.1, 0.15) is 0 Å². The lowest BCUT2D eigenvalue weighted by Crippen LogP contribution is -2.14. The van der Waals surface area contributed by atoms with Gasteiger partial charge in [0.05, 0.1) is 22.8 Å². The quantitative estimate of drug-likeness (QED) is 0.0744.